The van der Waals surface area contributed by atoms with Crippen molar-refractivity contribution in [2.75, 3.05) is 26.2 Å². The number of hydrogen-bond donors (Lipinski definition) is 2. The van der Waals surface area contributed by atoms with Crippen LogP contribution >= 0.6 is 0 Å². The van der Waals surface area contributed by atoms with Crippen LogP contribution in [-0.2, 0) is 0 Å². The van der Waals surface area contributed by atoms with Crippen LogP contribution in [0.5, 0.6) is 0 Å². The number of nitrogens with zero attached hydrogens (tertiary/aromatic N) is 3. The maximum absolute atomic E-state index is 12.4. The summed E-state index contributed by atoms with van der Waals surface area (Å²) >= 11 is 0. The molecule has 0 saturated carbocycles. The number of H-pyrrole nitrogens is 1. The Kier molecular flexibility index (Phi) is 3.92. The molecule has 1 aliphatic heterocycles. The SMILES string of the molecule is NCCCN1CC=C(c2cn3c(nc2=O)[nH]c2ccccc23)CC1. The predicted molar refractivity (Wildman–Crippen MR) is 96.0 cm³/mol. The fraction of sp³-hybridized carbons (Fsp3) is 0.333. The van der Waals surface area contributed by atoms with Gasteiger partial charge in [-0.2, -0.15) is 4.98 Å². The van der Waals surface area contributed by atoms with Crippen LogP contribution in [0.4, 0.5) is 0 Å². The molecule has 0 saturated heterocycles. The van der Waals surface area contributed by atoms with E-state index in [4.69, 9.17) is 5.73 Å². The van der Waals surface area contributed by atoms with Gasteiger partial charge in [0.1, 0.15) is 0 Å². The minimum atomic E-state index is -0.164. The summed E-state index contributed by atoms with van der Waals surface area (Å²) in [7, 11) is 0. The van der Waals surface area contributed by atoms with E-state index in [9.17, 15) is 4.79 Å². The standard InChI is InChI=1S/C18H21N5O/c19-8-3-9-22-10-6-13(7-11-22)14-12-23-16-5-2-1-4-15(16)20-18(23)21-17(14)24/h1-2,4-6,12H,3,7-11,19H2,(H,20,21,24). The molecular formula is C18H21N5O. The minimum Gasteiger partial charge on any atom is -0.330 e. The van der Waals surface area contributed by atoms with E-state index in [2.05, 4.69) is 20.9 Å². The molecule has 24 heavy (non-hydrogen) atoms. The molecule has 0 fully saturated rings. The third-order valence-corrected chi connectivity index (χ3v) is 4.65. The van der Waals surface area contributed by atoms with Gasteiger partial charge in [-0.1, -0.05) is 18.2 Å². The van der Waals surface area contributed by atoms with E-state index in [0.717, 1.165) is 55.6 Å². The number of rotatable bonds is 4. The average Bonchev–Trinajstić information content (AvgIpc) is 2.97. The molecule has 6 heteroatoms. The van der Waals surface area contributed by atoms with Gasteiger partial charge in [-0.3, -0.25) is 14.1 Å². The molecular weight excluding hydrogens is 302 g/mol. The maximum Gasteiger partial charge on any atom is 0.281 e. The molecule has 0 bridgehead atoms. The summed E-state index contributed by atoms with van der Waals surface area (Å²) in [4.78, 5) is 22.2. The third-order valence-electron chi connectivity index (χ3n) is 4.65. The summed E-state index contributed by atoms with van der Waals surface area (Å²) in [5, 5.41) is 0. The number of nitrogens with one attached hydrogen (secondary N) is 1. The van der Waals surface area contributed by atoms with E-state index in [0.29, 0.717) is 11.3 Å². The monoisotopic (exact) mass is 323 g/mol. The molecule has 1 aromatic carbocycles. The van der Waals surface area contributed by atoms with Crippen LogP contribution in [0, 0.1) is 0 Å². The Bertz CT molecular complexity index is 968. The summed E-state index contributed by atoms with van der Waals surface area (Å²) in [6.45, 7) is 3.56. The van der Waals surface area contributed by atoms with E-state index in [1.165, 1.54) is 0 Å². The molecule has 4 rings (SSSR count). The van der Waals surface area contributed by atoms with E-state index in [1.54, 1.807) is 0 Å². The van der Waals surface area contributed by atoms with Crippen molar-refractivity contribution < 1.29 is 0 Å². The summed E-state index contributed by atoms with van der Waals surface area (Å²) in [5.74, 6) is 0.589. The quantitative estimate of drug-likeness (QED) is 0.764. The Balaban J connectivity index is 1.72. The smallest absolute Gasteiger partial charge is 0.281 e. The number of hydrogen-bond acceptors (Lipinski definition) is 4. The lowest BCUT2D eigenvalue weighted by Gasteiger charge is -2.25. The van der Waals surface area contributed by atoms with Gasteiger partial charge in [-0.15, -0.1) is 0 Å². The number of benzene rings is 1. The summed E-state index contributed by atoms with van der Waals surface area (Å²) < 4.78 is 1.97. The van der Waals surface area contributed by atoms with Gasteiger partial charge in [0.15, 0.2) is 0 Å². The molecule has 0 aliphatic carbocycles. The van der Waals surface area contributed by atoms with Gasteiger partial charge in [0.25, 0.3) is 5.56 Å². The lowest BCUT2D eigenvalue weighted by atomic mass is 10.0. The summed E-state index contributed by atoms with van der Waals surface area (Å²) in [6.07, 6.45) is 5.95. The zero-order valence-electron chi connectivity index (χ0n) is 13.5. The number of aromatic nitrogens is 3. The van der Waals surface area contributed by atoms with Gasteiger partial charge in [0, 0.05) is 19.3 Å². The molecule has 3 N–H and O–H groups in total. The molecule has 124 valence electrons. The largest absolute Gasteiger partial charge is 0.330 e. The van der Waals surface area contributed by atoms with E-state index >= 15 is 0 Å². The lowest BCUT2D eigenvalue weighted by molar-refractivity contribution is 0.299. The average molecular weight is 323 g/mol. The topological polar surface area (TPSA) is 79.4 Å². The first-order valence-electron chi connectivity index (χ1n) is 8.38. The van der Waals surface area contributed by atoms with Gasteiger partial charge >= 0.3 is 0 Å². The highest BCUT2D eigenvalue weighted by Gasteiger charge is 2.16. The Morgan fingerprint density at radius 3 is 2.96 bits per heavy atom. The van der Waals surface area contributed by atoms with Gasteiger partial charge in [-0.25, -0.2) is 0 Å². The van der Waals surface area contributed by atoms with Gasteiger partial charge in [-0.05, 0) is 43.6 Å². The van der Waals surface area contributed by atoms with Crippen LogP contribution in [0.2, 0.25) is 0 Å². The van der Waals surface area contributed by atoms with Crippen molar-refractivity contribution in [3.63, 3.8) is 0 Å². The molecule has 0 spiro atoms. The van der Waals surface area contributed by atoms with E-state index in [-0.39, 0.29) is 5.56 Å². The van der Waals surface area contributed by atoms with Crippen LogP contribution in [0.3, 0.4) is 0 Å². The van der Waals surface area contributed by atoms with E-state index < -0.39 is 0 Å². The molecule has 0 unspecified atom stereocenters. The van der Waals surface area contributed by atoms with Crippen molar-refractivity contribution in [3.05, 3.63) is 52.5 Å². The molecule has 0 amide bonds. The first-order valence-corrected chi connectivity index (χ1v) is 8.38. The summed E-state index contributed by atoms with van der Waals surface area (Å²) in [6, 6.07) is 7.97. The van der Waals surface area contributed by atoms with E-state index in [1.807, 2.05) is 34.9 Å². The number of para-hydroxylation sites is 2. The first-order chi connectivity index (χ1) is 11.8. The number of imidazole rings is 1. The van der Waals surface area contributed by atoms with Crippen molar-refractivity contribution in [2.45, 2.75) is 12.8 Å². The highest BCUT2D eigenvalue weighted by molar-refractivity contribution is 5.80. The number of nitrogens with two attached hydrogens (primary N) is 1. The second-order valence-corrected chi connectivity index (χ2v) is 6.22. The summed E-state index contributed by atoms with van der Waals surface area (Å²) in [5.41, 5.74) is 9.22. The fourth-order valence-corrected chi connectivity index (χ4v) is 3.33. The third kappa shape index (κ3) is 2.64. The zero-order valence-corrected chi connectivity index (χ0v) is 13.5. The predicted octanol–water partition coefficient (Wildman–Crippen LogP) is 1.61. The van der Waals surface area contributed by atoms with Gasteiger partial charge < -0.3 is 10.7 Å². The Morgan fingerprint density at radius 2 is 2.17 bits per heavy atom. The van der Waals surface area contributed by atoms with Crippen LogP contribution < -0.4 is 11.3 Å². The molecule has 1 aliphatic rings. The molecule has 3 aromatic rings. The lowest BCUT2D eigenvalue weighted by Crippen LogP contribution is -2.31. The van der Waals surface area contributed by atoms with Crippen LogP contribution in [0.25, 0.3) is 22.4 Å². The van der Waals surface area contributed by atoms with Crippen molar-refractivity contribution in [1.29, 1.82) is 0 Å². The number of aromatic amines is 1. The first kappa shape index (κ1) is 15.1. The van der Waals surface area contributed by atoms with Crippen LogP contribution in [-0.4, -0.2) is 45.4 Å². The Hall–Kier alpha value is -2.44. The van der Waals surface area contributed by atoms with Crippen LogP contribution in [0.1, 0.15) is 18.4 Å². The fourth-order valence-electron chi connectivity index (χ4n) is 3.33. The minimum absolute atomic E-state index is 0.164. The normalized spacial score (nSPS) is 16.0. The van der Waals surface area contributed by atoms with Crippen molar-refractivity contribution in [1.82, 2.24) is 19.3 Å². The Morgan fingerprint density at radius 1 is 1.29 bits per heavy atom. The van der Waals surface area contributed by atoms with Gasteiger partial charge in [0.2, 0.25) is 5.78 Å². The van der Waals surface area contributed by atoms with Crippen molar-refractivity contribution in [2.24, 2.45) is 5.73 Å². The van der Waals surface area contributed by atoms with Crippen molar-refractivity contribution >= 4 is 22.4 Å². The molecule has 6 nitrogen and oxygen atoms in total. The number of fused-ring (bicyclic) bond motifs is 3. The molecule has 2 aromatic heterocycles. The molecule has 0 radical (unpaired) electrons. The molecule has 3 heterocycles. The van der Waals surface area contributed by atoms with Crippen LogP contribution in [0.15, 0.2) is 41.3 Å². The highest BCUT2D eigenvalue weighted by atomic mass is 16.1. The highest BCUT2D eigenvalue weighted by Crippen LogP contribution is 2.21. The molecule has 0 atom stereocenters. The Labute approximate surface area is 139 Å². The maximum atomic E-state index is 12.4. The van der Waals surface area contributed by atoms with Crippen molar-refractivity contribution in [3.8, 4) is 0 Å². The zero-order chi connectivity index (χ0) is 16.5. The van der Waals surface area contributed by atoms with Gasteiger partial charge in [0.05, 0.1) is 16.6 Å². The second kappa shape index (κ2) is 6.22. The second-order valence-electron chi connectivity index (χ2n) is 6.22.